The number of hydrogen-bond acceptors (Lipinski definition) is 2. The summed E-state index contributed by atoms with van der Waals surface area (Å²) in [4.78, 5) is 0. The lowest BCUT2D eigenvalue weighted by Gasteiger charge is -2.57. The Kier molecular flexibility index (Phi) is 3.06. The standard InChI is InChI=1S/C20H28O2/c1-12-10-13-11-14(21)6-8-19(13,2)16-7-9-20(3)15(18(12)16)4-5-17(20)22/h4-6,8,10,12,14-18,21-22H,7,9,11H2,1-3H3/t12-,14-,15-,16-,17-,18-,19-,20-/m0/s1. The molecule has 0 radical (unpaired) electrons. The molecule has 8 atom stereocenters. The van der Waals surface area contributed by atoms with E-state index in [1.807, 2.05) is 12.2 Å². The average Bonchev–Trinajstić information content (AvgIpc) is 2.77. The molecule has 4 aliphatic carbocycles. The highest BCUT2D eigenvalue weighted by molar-refractivity contribution is 5.35. The molecule has 0 amide bonds. The van der Waals surface area contributed by atoms with E-state index in [-0.39, 0.29) is 23.0 Å². The highest BCUT2D eigenvalue weighted by atomic mass is 16.3. The van der Waals surface area contributed by atoms with Crippen LogP contribution < -0.4 is 0 Å². The second-order valence-corrected chi connectivity index (χ2v) is 8.55. The van der Waals surface area contributed by atoms with Gasteiger partial charge in [0.1, 0.15) is 0 Å². The van der Waals surface area contributed by atoms with Crippen LogP contribution in [0.3, 0.4) is 0 Å². The summed E-state index contributed by atoms with van der Waals surface area (Å²) < 4.78 is 0. The van der Waals surface area contributed by atoms with Gasteiger partial charge >= 0.3 is 0 Å². The van der Waals surface area contributed by atoms with Crippen molar-refractivity contribution in [3.8, 4) is 0 Å². The van der Waals surface area contributed by atoms with Crippen LogP contribution in [0.25, 0.3) is 0 Å². The zero-order chi connectivity index (χ0) is 15.7. The van der Waals surface area contributed by atoms with Crippen LogP contribution in [0.1, 0.15) is 40.0 Å². The molecule has 0 aromatic carbocycles. The number of fused-ring (bicyclic) bond motifs is 5. The molecule has 0 aromatic heterocycles. The van der Waals surface area contributed by atoms with Crippen LogP contribution in [0.5, 0.6) is 0 Å². The fourth-order valence-electron chi connectivity index (χ4n) is 6.02. The molecule has 0 spiro atoms. The Hall–Kier alpha value is -0.860. The predicted molar refractivity (Wildman–Crippen MR) is 88.1 cm³/mol. The summed E-state index contributed by atoms with van der Waals surface area (Å²) in [6.45, 7) is 6.97. The maximum atomic E-state index is 10.4. The van der Waals surface area contributed by atoms with Crippen LogP contribution in [0.4, 0.5) is 0 Å². The fourth-order valence-corrected chi connectivity index (χ4v) is 6.02. The van der Waals surface area contributed by atoms with Gasteiger partial charge in [-0.05, 0) is 42.9 Å². The van der Waals surface area contributed by atoms with E-state index in [1.54, 1.807) is 0 Å². The second-order valence-electron chi connectivity index (χ2n) is 8.55. The van der Waals surface area contributed by atoms with Crippen molar-refractivity contribution in [3.63, 3.8) is 0 Å². The van der Waals surface area contributed by atoms with Gasteiger partial charge in [0.2, 0.25) is 0 Å². The Morgan fingerprint density at radius 3 is 2.68 bits per heavy atom. The topological polar surface area (TPSA) is 40.5 Å². The minimum absolute atomic E-state index is 0.0228. The summed E-state index contributed by atoms with van der Waals surface area (Å²) >= 11 is 0. The first-order valence-electron chi connectivity index (χ1n) is 8.81. The maximum Gasteiger partial charge on any atom is 0.0780 e. The van der Waals surface area contributed by atoms with Gasteiger partial charge in [-0.25, -0.2) is 0 Å². The Morgan fingerprint density at radius 1 is 1.14 bits per heavy atom. The summed E-state index contributed by atoms with van der Waals surface area (Å²) in [6.07, 6.45) is 13.5. The molecule has 0 aromatic rings. The Labute approximate surface area is 133 Å². The molecular weight excluding hydrogens is 272 g/mol. The highest BCUT2D eigenvalue weighted by Crippen LogP contribution is 2.63. The van der Waals surface area contributed by atoms with Gasteiger partial charge in [-0.15, -0.1) is 0 Å². The lowest BCUT2D eigenvalue weighted by molar-refractivity contribution is -0.0587. The van der Waals surface area contributed by atoms with Crippen LogP contribution in [-0.4, -0.2) is 22.4 Å². The van der Waals surface area contributed by atoms with E-state index in [1.165, 1.54) is 12.0 Å². The summed E-state index contributed by atoms with van der Waals surface area (Å²) in [7, 11) is 0. The molecule has 0 aliphatic heterocycles. The van der Waals surface area contributed by atoms with Crippen LogP contribution in [0, 0.1) is 34.5 Å². The Bertz CT molecular complexity index is 574. The molecule has 2 N–H and O–H groups in total. The number of rotatable bonds is 0. The van der Waals surface area contributed by atoms with Crippen molar-refractivity contribution in [1.29, 1.82) is 0 Å². The van der Waals surface area contributed by atoms with Crippen molar-refractivity contribution < 1.29 is 10.2 Å². The average molecular weight is 300 g/mol. The second kappa shape index (κ2) is 4.58. The van der Waals surface area contributed by atoms with E-state index in [4.69, 9.17) is 0 Å². The van der Waals surface area contributed by atoms with Crippen molar-refractivity contribution in [2.24, 2.45) is 34.5 Å². The Morgan fingerprint density at radius 2 is 1.91 bits per heavy atom. The van der Waals surface area contributed by atoms with Crippen LogP contribution in [-0.2, 0) is 0 Å². The maximum absolute atomic E-state index is 10.4. The summed E-state index contributed by atoms with van der Waals surface area (Å²) in [5.41, 5.74) is 1.55. The Balaban J connectivity index is 1.78. The lowest BCUT2D eigenvalue weighted by atomic mass is 9.47. The van der Waals surface area contributed by atoms with Gasteiger partial charge in [0.15, 0.2) is 0 Å². The number of hydrogen-bond donors (Lipinski definition) is 2. The van der Waals surface area contributed by atoms with Gasteiger partial charge in [0.05, 0.1) is 12.2 Å². The molecule has 120 valence electrons. The summed E-state index contributed by atoms with van der Waals surface area (Å²) in [5, 5.41) is 20.4. The third-order valence-electron chi connectivity index (χ3n) is 7.44. The van der Waals surface area contributed by atoms with E-state index in [0.29, 0.717) is 23.7 Å². The molecule has 0 bridgehead atoms. The number of allylic oxidation sites excluding steroid dienone is 3. The molecule has 1 fully saturated rings. The molecule has 1 saturated carbocycles. The van der Waals surface area contributed by atoms with Gasteiger partial charge < -0.3 is 10.2 Å². The summed E-state index contributed by atoms with van der Waals surface area (Å²) in [6, 6.07) is 0. The van der Waals surface area contributed by atoms with Crippen molar-refractivity contribution >= 4 is 0 Å². The molecule has 4 rings (SSSR count). The monoisotopic (exact) mass is 300 g/mol. The minimum atomic E-state index is -0.315. The normalized spacial score (nSPS) is 56.1. The SMILES string of the molecule is C[C@H]1C=C2C[C@@H](O)C=C[C@]2(C)[C@H]2CC[C@]3(C)[C@@H](O)C=C[C@H]3[C@H]12. The molecule has 2 nitrogen and oxygen atoms in total. The van der Waals surface area contributed by atoms with Gasteiger partial charge in [0, 0.05) is 10.8 Å². The van der Waals surface area contributed by atoms with Gasteiger partial charge in [-0.1, -0.05) is 56.7 Å². The van der Waals surface area contributed by atoms with E-state index in [0.717, 1.165) is 12.8 Å². The van der Waals surface area contributed by atoms with Gasteiger partial charge in [-0.2, -0.15) is 0 Å². The largest absolute Gasteiger partial charge is 0.389 e. The van der Waals surface area contributed by atoms with Crippen LogP contribution in [0.2, 0.25) is 0 Å². The van der Waals surface area contributed by atoms with E-state index in [9.17, 15) is 10.2 Å². The first kappa shape index (κ1) is 14.7. The zero-order valence-corrected chi connectivity index (χ0v) is 13.9. The first-order valence-corrected chi connectivity index (χ1v) is 8.81. The molecule has 22 heavy (non-hydrogen) atoms. The van der Waals surface area contributed by atoms with E-state index < -0.39 is 0 Å². The third-order valence-corrected chi connectivity index (χ3v) is 7.44. The smallest absolute Gasteiger partial charge is 0.0780 e. The summed E-state index contributed by atoms with van der Waals surface area (Å²) in [5.74, 6) is 2.22. The minimum Gasteiger partial charge on any atom is -0.389 e. The van der Waals surface area contributed by atoms with Crippen molar-refractivity contribution in [2.75, 3.05) is 0 Å². The van der Waals surface area contributed by atoms with Crippen LogP contribution >= 0.6 is 0 Å². The first-order chi connectivity index (χ1) is 10.4. The van der Waals surface area contributed by atoms with Crippen molar-refractivity contribution in [3.05, 3.63) is 36.0 Å². The van der Waals surface area contributed by atoms with Crippen molar-refractivity contribution in [1.82, 2.24) is 0 Å². The highest BCUT2D eigenvalue weighted by Gasteiger charge is 2.57. The molecule has 2 heteroatoms. The van der Waals surface area contributed by atoms with Crippen molar-refractivity contribution in [2.45, 2.75) is 52.2 Å². The quantitative estimate of drug-likeness (QED) is 0.673. The van der Waals surface area contributed by atoms with Gasteiger partial charge in [-0.3, -0.25) is 0 Å². The zero-order valence-electron chi connectivity index (χ0n) is 13.9. The van der Waals surface area contributed by atoms with Gasteiger partial charge in [0.25, 0.3) is 0 Å². The predicted octanol–water partition coefficient (Wildman–Crippen LogP) is 3.47. The number of aliphatic hydroxyl groups is 2. The van der Waals surface area contributed by atoms with E-state index in [2.05, 4.69) is 39.0 Å². The molecule has 4 aliphatic rings. The molecule has 0 unspecified atom stereocenters. The molecular formula is C20H28O2. The van der Waals surface area contributed by atoms with E-state index >= 15 is 0 Å². The fraction of sp³-hybridized carbons (Fsp3) is 0.700. The third kappa shape index (κ3) is 1.74. The van der Waals surface area contributed by atoms with Crippen LogP contribution in [0.15, 0.2) is 36.0 Å². The number of aliphatic hydroxyl groups excluding tert-OH is 2. The molecule has 0 heterocycles. The lowest BCUT2D eigenvalue weighted by Crippen LogP contribution is -2.52. The molecule has 0 saturated heterocycles.